The summed E-state index contributed by atoms with van der Waals surface area (Å²) >= 11 is 5.78. The third kappa shape index (κ3) is 2.53. The topological polar surface area (TPSA) is 20.3 Å². The van der Waals surface area contributed by atoms with Crippen molar-refractivity contribution < 1.29 is 4.79 Å². The first-order valence-corrected chi connectivity index (χ1v) is 8.61. The molecule has 1 amide bonds. The minimum Gasteiger partial charge on any atom is -0.343 e. The highest BCUT2D eigenvalue weighted by Gasteiger charge is 2.51. The van der Waals surface area contributed by atoms with Gasteiger partial charge in [0.1, 0.15) is 0 Å². The van der Waals surface area contributed by atoms with Crippen molar-refractivity contribution in [2.45, 2.75) is 45.4 Å². The molecule has 0 heterocycles. The molecule has 0 aliphatic heterocycles. The van der Waals surface area contributed by atoms with Gasteiger partial charge in [-0.3, -0.25) is 4.79 Å². The minimum absolute atomic E-state index is 0.350. The van der Waals surface area contributed by atoms with Crippen LogP contribution in [0.5, 0.6) is 0 Å². The molecule has 0 saturated heterocycles. The highest BCUT2D eigenvalue weighted by molar-refractivity contribution is 6.17. The van der Waals surface area contributed by atoms with Gasteiger partial charge in [0.25, 0.3) is 0 Å². The van der Waals surface area contributed by atoms with Crippen LogP contribution in [0.4, 0.5) is 0 Å². The van der Waals surface area contributed by atoms with Crippen LogP contribution in [0.2, 0.25) is 0 Å². The van der Waals surface area contributed by atoms with Gasteiger partial charge in [0.05, 0.1) is 0 Å². The Bertz CT molecular complexity index is 316. The van der Waals surface area contributed by atoms with Gasteiger partial charge < -0.3 is 4.90 Å². The van der Waals surface area contributed by atoms with Gasteiger partial charge in [-0.2, -0.15) is 0 Å². The summed E-state index contributed by atoms with van der Waals surface area (Å²) in [5.74, 6) is 4.76. The molecule has 4 rings (SSSR count). The van der Waals surface area contributed by atoms with Crippen LogP contribution in [-0.4, -0.2) is 29.8 Å². The fraction of sp³-hybridized carbons (Fsp3) is 0.938. The van der Waals surface area contributed by atoms with Crippen molar-refractivity contribution >= 4 is 17.5 Å². The zero-order valence-electron chi connectivity index (χ0n) is 12.0. The molecule has 0 atom stereocenters. The van der Waals surface area contributed by atoms with Gasteiger partial charge >= 0.3 is 0 Å². The molecule has 4 aliphatic rings. The van der Waals surface area contributed by atoms with Crippen LogP contribution in [0.25, 0.3) is 0 Å². The molecule has 0 unspecified atom stereocenters. The van der Waals surface area contributed by atoms with E-state index >= 15 is 0 Å². The van der Waals surface area contributed by atoms with Crippen molar-refractivity contribution in [1.29, 1.82) is 0 Å². The van der Waals surface area contributed by atoms with E-state index in [9.17, 15) is 4.79 Å². The number of nitrogens with zero attached hydrogens (tertiary/aromatic N) is 1. The number of hydrogen-bond donors (Lipinski definition) is 0. The second kappa shape index (κ2) is 5.63. The first-order chi connectivity index (χ1) is 9.22. The molecule has 4 fully saturated rings. The molecule has 0 aromatic rings. The Morgan fingerprint density at radius 3 is 2.16 bits per heavy atom. The van der Waals surface area contributed by atoms with E-state index < -0.39 is 0 Å². The summed E-state index contributed by atoms with van der Waals surface area (Å²) in [5.41, 5.74) is 0. The van der Waals surface area contributed by atoms with E-state index in [1.807, 2.05) is 0 Å². The average Bonchev–Trinajstić information content (AvgIpc) is 2.38. The van der Waals surface area contributed by atoms with Crippen LogP contribution in [-0.2, 0) is 4.79 Å². The van der Waals surface area contributed by atoms with Crippen molar-refractivity contribution in [2.75, 3.05) is 19.0 Å². The lowest BCUT2D eigenvalue weighted by Gasteiger charge is -2.54. The molecule has 3 heteroatoms. The first kappa shape index (κ1) is 13.7. The molecular formula is C16H26ClNO. The second-order valence-electron chi connectivity index (χ2n) is 6.92. The lowest BCUT2D eigenvalue weighted by Crippen LogP contribution is -2.52. The summed E-state index contributed by atoms with van der Waals surface area (Å²) in [4.78, 5) is 14.9. The van der Waals surface area contributed by atoms with Gasteiger partial charge in [-0.25, -0.2) is 0 Å². The number of amides is 1. The molecule has 19 heavy (non-hydrogen) atoms. The van der Waals surface area contributed by atoms with Gasteiger partial charge in [-0.15, -0.1) is 11.6 Å². The highest BCUT2D eigenvalue weighted by atomic mass is 35.5. The SMILES string of the molecule is CCN(CCCCl)C(=O)C1C2CC3CC(C2)CC1C3. The van der Waals surface area contributed by atoms with E-state index in [1.54, 1.807) is 0 Å². The largest absolute Gasteiger partial charge is 0.343 e. The van der Waals surface area contributed by atoms with Crippen LogP contribution < -0.4 is 0 Å². The molecule has 0 N–H and O–H groups in total. The summed E-state index contributed by atoms with van der Waals surface area (Å²) < 4.78 is 0. The van der Waals surface area contributed by atoms with E-state index in [4.69, 9.17) is 11.6 Å². The lowest BCUT2D eigenvalue weighted by atomic mass is 9.51. The Kier molecular flexibility index (Phi) is 4.07. The molecule has 0 aromatic carbocycles. The van der Waals surface area contributed by atoms with Gasteiger partial charge in [0.2, 0.25) is 5.91 Å². The van der Waals surface area contributed by atoms with Crippen LogP contribution in [0.1, 0.15) is 45.4 Å². The quantitative estimate of drug-likeness (QED) is 0.707. The maximum Gasteiger partial charge on any atom is 0.226 e. The number of carbonyl (C=O) groups is 1. The van der Waals surface area contributed by atoms with E-state index in [1.165, 1.54) is 32.1 Å². The van der Waals surface area contributed by atoms with Crippen molar-refractivity contribution in [2.24, 2.45) is 29.6 Å². The van der Waals surface area contributed by atoms with Gasteiger partial charge in [-0.1, -0.05) is 0 Å². The zero-order chi connectivity index (χ0) is 13.4. The van der Waals surface area contributed by atoms with E-state index in [0.29, 0.717) is 29.5 Å². The Balaban J connectivity index is 1.69. The Morgan fingerprint density at radius 2 is 1.68 bits per heavy atom. The number of rotatable bonds is 5. The molecule has 2 nitrogen and oxygen atoms in total. The molecule has 4 aliphatic carbocycles. The number of hydrogen-bond acceptors (Lipinski definition) is 1. The van der Waals surface area contributed by atoms with Crippen LogP contribution >= 0.6 is 11.6 Å². The summed E-state index contributed by atoms with van der Waals surface area (Å²) in [5, 5.41) is 0. The van der Waals surface area contributed by atoms with Crippen LogP contribution in [0.3, 0.4) is 0 Å². The fourth-order valence-electron chi connectivity index (χ4n) is 5.21. The Morgan fingerprint density at radius 1 is 1.11 bits per heavy atom. The summed E-state index contributed by atoms with van der Waals surface area (Å²) in [7, 11) is 0. The van der Waals surface area contributed by atoms with Crippen molar-refractivity contribution in [3.63, 3.8) is 0 Å². The number of alkyl halides is 1. The van der Waals surface area contributed by atoms with Crippen LogP contribution in [0, 0.1) is 29.6 Å². The summed E-state index contributed by atoms with van der Waals surface area (Å²) in [6.45, 7) is 3.79. The van der Waals surface area contributed by atoms with Crippen LogP contribution in [0.15, 0.2) is 0 Å². The van der Waals surface area contributed by atoms with Crippen molar-refractivity contribution in [3.8, 4) is 0 Å². The molecule has 108 valence electrons. The molecule has 0 radical (unpaired) electrons. The normalized spacial score (nSPS) is 39.6. The van der Waals surface area contributed by atoms with Gasteiger partial charge in [0, 0.05) is 24.9 Å². The molecule has 4 bridgehead atoms. The third-order valence-electron chi connectivity index (χ3n) is 5.77. The Hall–Kier alpha value is -0.240. The summed E-state index contributed by atoms with van der Waals surface area (Å²) in [6.07, 6.45) is 7.70. The fourth-order valence-corrected chi connectivity index (χ4v) is 5.33. The lowest BCUT2D eigenvalue weighted by molar-refractivity contribution is -0.148. The van der Waals surface area contributed by atoms with E-state index in [2.05, 4.69) is 11.8 Å². The van der Waals surface area contributed by atoms with E-state index in [0.717, 1.165) is 31.3 Å². The zero-order valence-corrected chi connectivity index (χ0v) is 12.7. The first-order valence-electron chi connectivity index (χ1n) is 8.07. The van der Waals surface area contributed by atoms with Crippen molar-refractivity contribution in [1.82, 2.24) is 4.90 Å². The maximum absolute atomic E-state index is 12.9. The molecule has 4 saturated carbocycles. The molecular weight excluding hydrogens is 258 g/mol. The van der Waals surface area contributed by atoms with E-state index in [-0.39, 0.29) is 0 Å². The monoisotopic (exact) mass is 283 g/mol. The van der Waals surface area contributed by atoms with Gasteiger partial charge in [-0.05, 0) is 69.1 Å². The Labute approximate surface area is 121 Å². The standard InChI is InChI=1S/C16H26ClNO/c1-2-18(5-3-4-17)16(19)15-13-7-11-6-12(9-13)10-14(15)8-11/h11-15H,2-10H2,1H3. The number of carbonyl (C=O) groups excluding carboxylic acids is 1. The number of halogens is 1. The van der Waals surface area contributed by atoms with Gasteiger partial charge in [0.15, 0.2) is 0 Å². The predicted molar refractivity (Wildman–Crippen MR) is 78.1 cm³/mol. The maximum atomic E-state index is 12.9. The second-order valence-corrected chi connectivity index (χ2v) is 7.29. The van der Waals surface area contributed by atoms with Crippen molar-refractivity contribution in [3.05, 3.63) is 0 Å². The molecule has 0 aromatic heterocycles. The summed E-state index contributed by atoms with van der Waals surface area (Å²) in [6, 6.07) is 0. The minimum atomic E-state index is 0.350. The third-order valence-corrected chi connectivity index (χ3v) is 6.03. The smallest absolute Gasteiger partial charge is 0.226 e. The molecule has 0 spiro atoms. The highest BCUT2D eigenvalue weighted by Crippen LogP contribution is 2.56. The predicted octanol–water partition coefficient (Wildman–Crippen LogP) is 3.54. The average molecular weight is 284 g/mol.